The van der Waals surface area contributed by atoms with Gasteiger partial charge < -0.3 is 15.0 Å². The molecule has 0 radical (unpaired) electrons. The number of benzene rings is 4. The first kappa shape index (κ1) is 32.6. The predicted molar refractivity (Wildman–Crippen MR) is 173 cm³/mol. The Morgan fingerprint density at radius 1 is 0.886 bits per heavy atom. The number of likely N-dealkylation sites (N-methyl/N-ethyl adjacent to an activating group) is 1. The smallest absolute Gasteiger partial charge is 0.264 e. The molecule has 0 fully saturated rings. The average Bonchev–Trinajstić information content (AvgIpc) is 3.02. The molecule has 10 heteroatoms. The summed E-state index contributed by atoms with van der Waals surface area (Å²) in [6.07, 6.45) is 0.233. The highest BCUT2D eigenvalue weighted by molar-refractivity contribution is 7.92. The molecule has 0 aliphatic heterocycles. The lowest BCUT2D eigenvalue weighted by Crippen LogP contribution is -2.53. The van der Waals surface area contributed by atoms with Crippen LogP contribution in [0.5, 0.6) is 5.75 Å². The van der Waals surface area contributed by atoms with Gasteiger partial charge in [0.2, 0.25) is 11.8 Å². The van der Waals surface area contributed by atoms with Gasteiger partial charge in [-0.3, -0.25) is 13.9 Å². The van der Waals surface area contributed by atoms with Crippen LogP contribution in [0.3, 0.4) is 0 Å². The van der Waals surface area contributed by atoms with Gasteiger partial charge in [0, 0.05) is 24.5 Å². The number of hydrogen-bond donors (Lipinski definition) is 1. The molecule has 1 atom stereocenters. The van der Waals surface area contributed by atoms with E-state index in [1.165, 1.54) is 30.2 Å². The van der Waals surface area contributed by atoms with Gasteiger partial charge in [-0.2, -0.15) is 0 Å². The molecule has 0 aliphatic rings. The Morgan fingerprint density at radius 3 is 2.09 bits per heavy atom. The Morgan fingerprint density at radius 2 is 1.50 bits per heavy atom. The Hall–Kier alpha value is -4.34. The van der Waals surface area contributed by atoms with Crippen molar-refractivity contribution < 1.29 is 22.7 Å². The van der Waals surface area contributed by atoms with E-state index in [4.69, 9.17) is 16.3 Å². The van der Waals surface area contributed by atoms with Crippen molar-refractivity contribution in [2.45, 2.75) is 37.8 Å². The van der Waals surface area contributed by atoms with E-state index in [0.717, 1.165) is 21.0 Å². The van der Waals surface area contributed by atoms with E-state index in [2.05, 4.69) is 5.32 Å². The molecular weight excluding hydrogens is 598 g/mol. The molecule has 44 heavy (non-hydrogen) atoms. The van der Waals surface area contributed by atoms with E-state index in [0.29, 0.717) is 6.54 Å². The van der Waals surface area contributed by atoms with Crippen molar-refractivity contribution in [2.75, 3.05) is 24.5 Å². The topological polar surface area (TPSA) is 96.0 Å². The highest BCUT2D eigenvalue weighted by Crippen LogP contribution is 2.35. The van der Waals surface area contributed by atoms with Crippen LogP contribution in [0.2, 0.25) is 5.02 Å². The molecule has 0 unspecified atom stereocenters. The zero-order chi connectivity index (χ0) is 31.7. The maximum Gasteiger partial charge on any atom is 0.264 e. The number of hydrogen-bond acceptors (Lipinski definition) is 5. The van der Waals surface area contributed by atoms with E-state index in [1.807, 2.05) is 74.5 Å². The number of aryl methyl sites for hydroxylation is 1. The number of carbonyl (C=O) groups is 2. The van der Waals surface area contributed by atoms with Gasteiger partial charge in [-0.1, -0.05) is 90.0 Å². The molecule has 0 heterocycles. The fourth-order valence-electron chi connectivity index (χ4n) is 4.83. The van der Waals surface area contributed by atoms with Gasteiger partial charge in [-0.15, -0.1) is 0 Å². The summed E-state index contributed by atoms with van der Waals surface area (Å²) in [5, 5.41) is 3.12. The Labute approximate surface area is 264 Å². The van der Waals surface area contributed by atoms with E-state index in [9.17, 15) is 18.0 Å². The lowest BCUT2D eigenvalue weighted by Gasteiger charge is -2.34. The van der Waals surface area contributed by atoms with Crippen LogP contribution in [-0.4, -0.2) is 51.4 Å². The van der Waals surface area contributed by atoms with Crippen molar-refractivity contribution >= 4 is 39.1 Å². The van der Waals surface area contributed by atoms with Crippen LogP contribution in [-0.2, 0) is 32.6 Å². The fraction of sp³-hybridized carbons (Fsp3) is 0.235. The molecular formula is C34H36ClN3O5S. The largest absolute Gasteiger partial charge is 0.495 e. The highest BCUT2D eigenvalue weighted by atomic mass is 35.5. The molecule has 2 amide bonds. The number of nitrogens with one attached hydrogen (secondary N) is 1. The first-order valence-corrected chi connectivity index (χ1v) is 16.0. The SMILES string of the molecule is CCNC(=O)[C@@H](Cc1ccccc1)N(Cc1ccccc1)C(=O)CN(c1cc(Cl)ccc1OC)S(=O)(=O)c1ccc(C)cc1. The molecule has 0 saturated carbocycles. The van der Waals surface area contributed by atoms with E-state index >= 15 is 0 Å². The summed E-state index contributed by atoms with van der Waals surface area (Å²) in [5.74, 6) is -0.690. The van der Waals surface area contributed by atoms with Crippen LogP contribution in [0.15, 0.2) is 108 Å². The van der Waals surface area contributed by atoms with Crippen molar-refractivity contribution in [1.29, 1.82) is 0 Å². The normalized spacial score (nSPS) is 11.8. The van der Waals surface area contributed by atoms with Gasteiger partial charge in [0.1, 0.15) is 18.3 Å². The molecule has 0 aliphatic carbocycles. The van der Waals surface area contributed by atoms with Gasteiger partial charge in [-0.05, 0) is 55.3 Å². The molecule has 4 rings (SSSR count). The van der Waals surface area contributed by atoms with Gasteiger partial charge in [0.25, 0.3) is 10.0 Å². The monoisotopic (exact) mass is 633 g/mol. The minimum atomic E-state index is -4.29. The highest BCUT2D eigenvalue weighted by Gasteiger charge is 2.35. The second kappa shape index (κ2) is 14.9. The van der Waals surface area contributed by atoms with Gasteiger partial charge in [0.05, 0.1) is 17.7 Å². The van der Waals surface area contributed by atoms with Crippen LogP contribution in [0.1, 0.15) is 23.6 Å². The summed E-state index contributed by atoms with van der Waals surface area (Å²) in [5.41, 5.74) is 2.63. The molecule has 8 nitrogen and oxygen atoms in total. The van der Waals surface area contributed by atoms with Gasteiger partial charge in [0.15, 0.2) is 0 Å². The third kappa shape index (κ3) is 7.98. The van der Waals surface area contributed by atoms with Crippen LogP contribution in [0.4, 0.5) is 5.69 Å². The van der Waals surface area contributed by atoms with Crippen molar-refractivity contribution in [3.63, 3.8) is 0 Å². The number of rotatable bonds is 13. The molecule has 1 N–H and O–H groups in total. The number of sulfonamides is 1. The van der Waals surface area contributed by atoms with Gasteiger partial charge in [-0.25, -0.2) is 8.42 Å². The first-order chi connectivity index (χ1) is 21.1. The minimum Gasteiger partial charge on any atom is -0.495 e. The molecule has 4 aromatic carbocycles. The van der Waals surface area contributed by atoms with Crippen LogP contribution >= 0.6 is 11.6 Å². The van der Waals surface area contributed by atoms with Crippen LogP contribution in [0, 0.1) is 6.92 Å². The third-order valence-corrected chi connectivity index (χ3v) is 9.12. The molecule has 230 valence electrons. The van der Waals surface area contributed by atoms with Crippen molar-refractivity contribution in [1.82, 2.24) is 10.2 Å². The maximum absolute atomic E-state index is 14.5. The minimum absolute atomic E-state index is 0.00269. The quantitative estimate of drug-likeness (QED) is 0.206. The summed E-state index contributed by atoms with van der Waals surface area (Å²) in [7, 11) is -2.88. The average molecular weight is 634 g/mol. The van der Waals surface area contributed by atoms with E-state index in [1.54, 1.807) is 24.3 Å². The van der Waals surface area contributed by atoms with Crippen molar-refractivity contribution in [2.24, 2.45) is 0 Å². The number of nitrogens with zero attached hydrogens (tertiary/aromatic N) is 2. The summed E-state index contributed by atoms with van der Waals surface area (Å²) in [6, 6.07) is 28.7. The van der Waals surface area contributed by atoms with Crippen LogP contribution < -0.4 is 14.4 Å². The number of methoxy groups -OCH3 is 1. The number of anilines is 1. The zero-order valence-electron chi connectivity index (χ0n) is 24.9. The molecule has 0 aromatic heterocycles. The van der Waals surface area contributed by atoms with E-state index < -0.39 is 28.5 Å². The Bertz CT molecular complexity index is 1670. The summed E-state index contributed by atoms with van der Waals surface area (Å²) in [4.78, 5) is 29.5. The van der Waals surface area contributed by atoms with Crippen molar-refractivity contribution in [3.8, 4) is 5.75 Å². The Balaban J connectivity index is 1.83. The van der Waals surface area contributed by atoms with Crippen LogP contribution in [0.25, 0.3) is 0 Å². The second-order valence-electron chi connectivity index (χ2n) is 10.2. The first-order valence-electron chi connectivity index (χ1n) is 14.2. The molecule has 4 aromatic rings. The molecule has 0 bridgehead atoms. The summed E-state index contributed by atoms with van der Waals surface area (Å²) >= 11 is 6.33. The Kier molecular flexibility index (Phi) is 11.0. The molecule has 0 spiro atoms. The summed E-state index contributed by atoms with van der Waals surface area (Å²) in [6.45, 7) is 3.50. The summed E-state index contributed by atoms with van der Waals surface area (Å²) < 4.78 is 34.9. The third-order valence-electron chi connectivity index (χ3n) is 7.12. The molecule has 0 saturated heterocycles. The van der Waals surface area contributed by atoms with E-state index in [-0.39, 0.29) is 40.2 Å². The lowest BCUT2D eigenvalue weighted by molar-refractivity contribution is -0.140. The predicted octanol–water partition coefficient (Wildman–Crippen LogP) is 5.63. The van der Waals surface area contributed by atoms with Crippen molar-refractivity contribution in [3.05, 3.63) is 125 Å². The number of ether oxygens (including phenoxy) is 1. The maximum atomic E-state index is 14.5. The lowest BCUT2D eigenvalue weighted by atomic mass is 10.0. The zero-order valence-corrected chi connectivity index (χ0v) is 26.5. The number of carbonyl (C=O) groups excluding carboxylic acids is 2. The second-order valence-corrected chi connectivity index (χ2v) is 12.5. The number of halogens is 1. The van der Waals surface area contributed by atoms with Gasteiger partial charge >= 0.3 is 0 Å². The fourth-order valence-corrected chi connectivity index (χ4v) is 6.42. The standard InChI is InChI=1S/C34H36ClN3O5S/c1-4-36-34(40)31(21-26-11-7-5-8-12-26)37(23-27-13-9-6-10-14-27)33(39)24-38(30-22-28(35)17-20-32(30)43-3)44(41,42)29-18-15-25(2)16-19-29/h5-20,22,31H,4,21,23-24H2,1-3H3,(H,36,40)/t31-/m1/s1. The number of amides is 2.